The summed E-state index contributed by atoms with van der Waals surface area (Å²) in [5.41, 5.74) is 1.20. The molecule has 0 N–H and O–H groups in total. The first-order chi connectivity index (χ1) is 15.8. The van der Waals surface area contributed by atoms with Gasteiger partial charge in [-0.05, 0) is 124 Å². The van der Waals surface area contributed by atoms with Gasteiger partial charge in [0.15, 0.2) is 5.78 Å². The lowest BCUT2D eigenvalue weighted by Gasteiger charge is -2.62. The van der Waals surface area contributed by atoms with Gasteiger partial charge in [-0.2, -0.15) is 0 Å². The molecule has 1 aromatic carbocycles. The molecule has 4 fully saturated rings. The third-order valence-electron chi connectivity index (χ3n) is 11.3. The fraction of sp³-hybridized carbons (Fsp3) is 0.767. The molecular formula is C30H44FNO. The van der Waals surface area contributed by atoms with Crippen molar-refractivity contribution in [2.45, 2.75) is 91.0 Å². The molecule has 3 saturated carbocycles. The lowest BCUT2D eigenvalue weighted by atomic mass is 9.46. The van der Waals surface area contributed by atoms with E-state index in [2.05, 4.69) is 32.7 Å². The van der Waals surface area contributed by atoms with Crippen LogP contribution in [0.15, 0.2) is 24.3 Å². The van der Waals surface area contributed by atoms with Gasteiger partial charge in [0.1, 0.15) is 5.82 Å². The second kappa shape index (κ2) is 8.77. The molecule has 3 heteroatoms. The summed E-state index contributed by atoms with van der Waals surface area (Å²) in [5.74, 6) is 3.48. The zero-order chi connectivity index (χ0) is 23.4. The number of rotatable bonds is 5. The Morgan fingerprint density at radius 2 is 1.82 bits per heavy atom. The van der Waals surface area contributed by atoms with Gasteiger partial charge in [0.25, 0.3) is 0 Å². The van der Waals surface area contributed by atoms with Gasteiger partial charge in [-0.3, -0.25) is 4.79 Å². The molecule has 0 aromatic heterocycles. The fourth-order valence-corrected chi connectivity index (χ4v) is 9.73. The quantitative estimate of drug-likeness (QED) is 0.434. The van der Waals surface area contributed by atoms with Crippen molar-refractivity contribution in [1.29, 1.82) is 0 Å². The van der Waals surface area contributed by atoms with E-state index in [0.29, 0.717) is 29.1 Å². The molecule has 33 heavy (non-hydrogen) atoms. The van der Waals surface area contributed by atoms with Crippen LogP contribution in [-0.2, 0) is 0 Å². The molecule has 1 aliphatic heterocycles. The maximum Gasteiger partial charge on any atom is 0.165 e. The molecule has 4 aliphatic rings. The Morgan fingerprint density at radius 1 is 1.06 bits per heavy atom. The van der Waals surface area contributed by atoms with E-state index in [-0.39, 0.29) is 17.2 Å². The minimum Gasteiger partial charge on any atom is -0.303 e. The van der Waals surface area contributed by atoms with Gasteiger partial charge in [0.2, 0.25) is 0 Å². The predicted molar refractivity (Wildman–Crippen MR) is 133 cm³/mol. The number of benzene rings is 1. The van der Waals surface area contributed by atoms with Crippen molar-refractivity contribution in [3.05, 3.63) is 35.6 Å². The summed E-state index contributed by atoms with van der Waals surface area (Å²) in [6.45, 7) is 8.88. The van der Waals surface area contributed by atoms with Crippen molar-refractivity contribution in [2.24, 2.45) is 40.4 Å². The van der Waals surface area contributed by atoms with Crippen molar-refractivity contribution >= 4 is 5.78 Å². The normalized spacial score (nSPS) is 41.7. The topological polar surface area (TPSA) is 20.3 Å². The highest BCUT2D eigenvalue weighted by molar-refractivity contribution is 5.96. The monoisotopic (exact) mass is 453 g/mol. The van der Waals surface area contributed by atoms with Crippen molar-refractivity contribution in [3.8, 4) is 0 Å². The fourth-order valence-electron chi connectivity index (χ4n) is 9.73. The molecule has 1 heterocycles. The van der Waals surface area contributed by atoms with Gasteiger partial charge < -0.3 is 4.90 Å². The molecule has 3 aliphatic carbocycles. The van der Waals surface area contributed by atoms with Crippen LogP contribution in [0.3, 0.4) is 0 Å². The lowest BCUT2D eigenvalue weighted by molar-refractivity contribution is -0.125. The van der Waals surface area contributed by atoms with E-state index in [1.54, 1.807) is 18.2 Å². The first kappa shape index (κ1) is 23.5. The van der Waals surface area contributed by atoms with E-state index in [0.717, 1.165) is 30.2 Å². The second-order valence-corrected chi connectivity index (χ2v) is 12.7. The zero-order valence-corrected chi connectivity index (χ0v) is 21.3. The van der Waals surface area contributed by atoms with Crippen molar-refractivity contribution < 1.29 is 9.18 Å². The van der Waals surface area contributed by atoms with Gasteiger partial charge in [-0.25, -0.2) is 4.39 Å². The molecule has 5 rings (SSSR count). The number of piperidine rings is 1. The number of hydrogen-bond donors (Lipinski definition) is 0. The van der Waals surface area contributed by atoms with E-state index < -0.39 is 0 Å². The standard InChI is InChI=1S/C30H44FNO/c1-20(10-14-27(33)22-8-5-6-9-26(22)31)23-12-13-24-21-11-15-28-30(3,17-7-19-32(28)4)25(21)16-18-29(23,24)2/h5-6,8-9,20-21,23-25,28H,7,10-19H2,1-4H3/t20-,21+,23-,24+,25+,28-,29-,30-/m1/s1. The molecule has 0 spiro atoms. The third-order valence-corrected chi connectivity index (χ3v) is 11.3. The molecule has 0 unspecified atom stereocenters. The van der Waals surface area contributed by atoms with Crippen molar-refractivity contribution in [3.63, 3.8) is 0 Å². The maximum atomic E-state index is 14.1. The number of likely N-dealkylation sites (tertiary alicyclic amines) is 1. The number of nitrogens with zero attached hydrogens (tertiary/aromatic N) is 1. The first-order valence-electron chi connectivity index (χ1n) is 13.7. The number of fused-ring (bicyclic) bond motifs is 5. The lowest BCUT2D eigenvalue weighted by Crippen LogP contribution is -2.60. The third kappa shape index (κ3) is 3.81. The Bertz CT molecular complexity index is 884. The SMILES string of the molecule is C[C@H](CCC(=O)c1ccccc1F)[C@H]1CC[C@H]2[C@@H]3CC[C@H]4N(C)CCC[C@]4(C)[C@H]3CC[C@]12C. The summed E-state index contributed by atoms with van der Waals surface area (Å²) >= 11 is 0. The van der Waals surface area contributed by atoms with E-state index in [1.807, 2.05) is 0 Å². The van der Waals surface area contributed by atoms with Crippen LogP contribution in [0.5, 0.6) is 0 Å². The zero-order valence-electron chi connectivity index (χ0n) is 21.3. The minimum absolute atomic E-state index is 0.0315. The summed E-state index contributed by atoms with van der Waals surface area (Å²) in [4.78, 5) is 15.4. The van der Waals surface area contributed by atoms with Crippen LogP contribution < -0.4 is 0 Å². The van der Waals surface area contributed by atoms with Crippen LogP contribution in [-0.4, -0.2) is 30.3 Å². The van der Waals surface area contributed by atoms with Crippen molar-refractivity contribution in [2.75, 3.05) is 13.6 Å². The molecule has 2 nitrogen and oxygen atoms in total. The smallest absolute Gasteiger partial charge is 0.165 e. The number of halogens is 1. The molecule has 8 atom stereocenters. The largest absolute Gasteiger partial charge is 0.303 e. The van der Waals surface area contributed by atoms with E-state index >= 15 is 0 Å². The highest BCUT2D eigenvalue weighted by atomic mass is 19.1. The number of carbonyl (C=O) groups excluding carboxylic acids is 1. The molecule has 182 valence electrons. The average Bonchev–Trinajstić information content (AvgIpc) is 3.15. The van der Waals surface area contributed by atoms with E-state index in [4.69, 9.17) is 0 Å². The summed E-state index contributed by atoms with van der Waals surface area (Å²) in [5, 5.41) is 0. The minimum atomic E-state index is -0.376. The summed E-state index contributed by atoms with van der Waals surface area (Å²) in [6, 6.07) is 7.24. The Labute approximate surface area is 200 Å². The number of ketones is 1. The highest BCUT2D eigenvalue weighted by Gasteiger charge is 2.60. The van der Waals surface area contributed by atoms with Crippen LogP contribution in [0.4, 0.5) is 4.39 Å². The van der Waals surface area contributed by atoms with Crippen molar-refractivity contribution in [1.82, 2.24) is 4.90 Å². The van der Waals surface area contributed by atoms with Gasteiger partial charge in [-0.15, -0.1) is 0 Å². The van der Waals surface area contributed by atoms with E-state index in [9.17, 15) is 9.18 Å². The van der Waals surface area contributed by atoms with Crippen LogP contribution in [0.1, 0.15) is 95.3 Å². The summed E-state index contributed by atoms with van der Waals surface area (Å²) in [7, 11) is 2.37. The Morgan fingerprint density at radius 3 is 2.61 bits per heavy atom. The second-order valence-electron chi connectivity index (χ2n) is 12.7. The number of carbonyl (C=O) groups is 1. The van der Waals surface area contributed by atoms with Gasteiger partial charge in [0, 0.05) is 12.5 Å². The van der Waals surface area contributed by atoms with E-state index in [1.165, 1.54) is 64.0 Å². The van der Waals surface area contributed by atoms with Gasteiger partial charge in [-0.1, -0.05) is 32.9 Å². The van der Waals surface area contributed by atoms with Crippen LogP contribution in [0, 0.1) is 46.2 Å². The van der Waals surface area contributed by atoms with Crippen LogP contribution >= 0.6 is 0 Å². The Hall–Kier alpha value is -1.22. The molecular weight excluding hydrogens is 409 g/mol. The first-order valence-corrected chi connectivity index (χ1v) is 13.7. The summed E-state index contributed by atoms with van der Waals surface area (Å²) in [6.07, 6.45) is 12.4. The van der Waals surface area contributed by atoms with Gasteiger partial charge >= 0.3 is 0 Å². The molecule has 0 radical (unpaired) electrons. The maximum absolute atomic E-state index is 14.1. The average molecular weight is 454 g/mol. The summed E-state index contributed by atoms with van der Waals surface area (Å²) < 4.78 is 14.1. The van der Waals surface area contributed by atoms with Crippen LogP contribution in [0.25, 0.3) is 0 Å². The molecule has 0 amide bonds. The number of hydrogen-bond acceptors (Lipinski definition) is 2. The highest BCUT2D eigenvalue weighted by Crippen LogP contribution is 2.67. The Kier molecular flexibility index (Phi) is 6.25. The van der Waals surface area contributed by atoms with Crippen LogP contribution in [0.2, 0.25) is 0 Å². The predicted octanol–water partition coefficient (Wildman–Crippen LogP) is 7.38. The Balaban J connectivity index is 1.27. The molecule has 1 aromatic rings. The van der Waals surface area contributed by atoms with Gasteiger partial charge in [0.05, 0.1) is 5.56 Å². The number of Topliss-reactive ketones (excluding diaryl/α,β-unsaturated/α-hetero) is 1. The molecule has 1 saturated heterocycles. The molecule has 0 bridgehead atoms.